The van der Waals surface area contributed by atoms with Crippen molar-refractivity contribution < 1.29 is 28.7 Å². The van der Waals surface area contributed by atoms with E-state index in [0.717, 1.165) is 33.4 Å². The predicted octanol–water partition coefficient (Wildman–Crippen LogP) is 12.2. The van der Waals surface area contributed by atoms with Gasteiger partial charge in [0.25, 0.3) is 0 Å². The van der Waals surface area contributed by atoms with Gasteiger partial charge in [-0.05, 0) is 120 Å². The summed E-state index contributed by atoms with van der Waals surface area (Å²) in [4.78, 5) is 48.8. The standard InChI is InChI=1S/C54H48O6/c1-5-59-53(57)47-23-15-39(16-24-47)9-7-37-11-19-43(20-12-37)49-51(45-31-27-41(28-32-45)35(3)55)50(52(49)46-33-29-42(30-34-46)36(4)56)44-21-13-38(14-22-44)8-10-40-17-25-48(26-18-40)54(58)60-6-2/h7-34,49-52H,5-6H2,1-4H3/b9-7+,10-8+. The van der Waals surface area contributed by atoms with Gasteiger partial charge in [0.2, 0.25) is 0 Å². The first-order valence-corrected chi connectivity index (χ1v) is 20.5. The summed E-state index contributed by atoms with van der Waals surface area (Å²) in [6, 6.07) is 48.3. The molecule has 0 radical (unpaired) electrons. The van der Waals surface area contributed by atoms with Gasteiger partial charge in [0, 0.05) is 11.1 Å². The lowest BCUT2D eigenvalue weighted by Gasteiger charge is -2.54. The van der Waals surface area contributed by atoms with Crippen LogP contribution in [-0.4, -0.2) is 36.7 Å². The highest BCUT2D eigenvalue weighted by Crippen LogP contribution is 2.66. The van der Waals surface area contributed by atoms with E-state index < -0.39 is 0 Å². The average Bonchev–Trinajstić information content (AvgIpc) is 3.26. The second kappa shape index (κ2) is 18.8. The van der Waals surface area contributed by atoms with Gasteiger partial charge in [-0.3, -0.25) is 9.59 Å². The monoisotopic (exact) mass is 792 g/mol. The predicted molar refractivity (Wildman–Crippen MR) is 239 cm³/mol. The molecule has 0 heterocycles. The highest BCUT2D eigenvalue weighted by molar-refractivity contribution is 5.94. The lowest BCUT2D eigenvalue weighted by atomic mass is 9.49. The molecule has 60 heavy (non-hydrogen) atoms. The second-order valence-electron chi connectivity index (χ2n) is 15.1. The van der Waals surface area contributed by atoms with Crippen molar-refractivity contribution in [2.45, 2.75) is 51.4 Å². The van der Waals surface area contributed by atoms with Crippen LogP contribution in [0.2, 0.25) is 0 Å². The molecule has 1 aliphatic carbocycles. The number of benzene rings is 6. The number of ketones is 2. The minimum atomic E-state index is -0.329. The zero-order chi connectivity index (χ0) is 42.2. The van der Waals surface area contributed by atoms with Gasteiger partial charge in [0.15, 0.2) is 11.6 Å². The van der Waals surface area contributed by atoms with Crippen molar-refractivity contribution in [3.8, 4) is 0 Å². The summed E-state index contributed by atoms with van der Waals surface area (Å²) in [6.07, 6.45) is 8.19. The molecule has 0 aliphatic heterocycles. The van der Waals surface area contributed by atoms with Crippen LogP contribution in [-0.2, 0) is 9.47 Å². The Morgan fingerprint density at radius 3 is 0.817 bits per heavy atom. The van der Waals surface area contributed by atoms with E-state index in [9.17, 15) is 19.2 Å². The normalized spacial score (nSPS) is 17.3. The maximum atomic E-state index is 12.3. The van der Waals surface area contributed by atoms with Gasteiger partial charge >= 0.3 is 11.9 Å². The molecule has 0 unspecified atom stereocenters. The third kappa shape index (κ3) is 9.35. The lowest BCUT2D eigenvalue weighted by molar-refractivity contribution is 0.0516. The van der Waals surface area contributed by atoms with Crippen LogP contribution in [0.15, 0.2) is 146 Å². The number of hydrogen-bond acceptors (Lipinski definition) is 6. The van der Waals surface area contributed by atoms with E-state index in [1.807, 2.05) is 60.7 Å². The molecule has 0 saturated heterocycles. The molecule has 6 aromatic rings. The minimum Gasteiger partial charge on any atom is -0.462 e. The smallest absolute Gasteiger partial charge is 0.338 e. The lowest BCUT2D eigenvalue weighted by Crippen LogP contribution is -2.40. The van der Waals surface area contributed by atoms with Crippen molar-refractivity contribution in [3.63, 3.8) is 0 Å². The van der Waals surface area contributed by atoms with Crippen molar-refractivity contribution in [3.05, 3.63) is 212 Å². The average molecular weight is 793 g/mol. The number of Topliss-reactive ketones (excluding diaryl/α,β-unsaturated/α-hetero) is 2. The number of esters is 2. The van der Waals surface area contributed by atoms with Crippen molar-refractivity contribution in [2.24, 2.45) is 0 Å². The number of hydrogen-bond donors (Lipinski definition) is 0. The molecule has 1 aliphatic rings. The number of carbonyl (C=O) groups is 4. The topological polar surface area (TPSA) is 86.7 Å². The molecule has 1 saturated carbocycles. The fraction of sp³-hybridized carbons (Fsp3) is 0.185. The van der Waals surface area contributed by atoms with Crippen LogP contribution in [0, 0.1) is 0 Å². The summed E-state index contributed by atoms with van der Waals surface area (Å²) in [7, 11) is 0. The molecule has 0 amide bonds. The van der Waals surface area contributed by atoms with E-state index in [0.29, 0.717) is 35.5 Å². The molecular weight excluding hydrogens is 745 g/mol. The van der Waals surface area contributed by atoms with Crippen LogP contribution >= 0.6 is 0 Å². The van der Waals surface area contributed by atoms with Crippen LogP contribution in [0.4, 0.5) is 0 Å². The molecule has 6 nitrogen and oxygen atoms in total. The SMILES string of the molecule is CCOC(=O)c1ccc(/C=C/c2ccc(C3C(c4ccc(C(C)=O)cc4)C(c4ccc(/C=C/c5ccc(C(=O)OCC)cc5)cc4)C3c3ccc(C(C)=O)cc3)cc2)cc1. The largest absolute Gasteiger partial charge is 0.462 e. The summed E-state index contributed by atoms with van der Waals surface area (Å²) < 4.78 is 10.2. The van der Waals surface area contributed by atoms with Crippen molar-refractivity contribution in [2.75, 3.05) is 13.2 Å². The first-order valence-electron chi connectivity index (χ1n) is 20.5. The van der Waals surface area contributed by atoms with Gasteiger partial charge in [-0.15, -0.1) is 0 Å². The molecule has 300 valence electrons. The first kappa shape index (κ1) is 41.2. The van der Waals surface area contributed by atoms with Crippen LogP contribution < -0.4 is 0 Å². The van der Waals surface area contributed by atoms with E-state index in [1.54, 1.807) is 52.0 Å². The molecule has 7 rings (SSSR count). The molecule has 0 N–H and O–H groups in total. The summed E-state index contributed by atoms with van der Waals surface area (Å²) in [5.41, 5.74) is 11.2. The van der Waals surface area contributed by atoms with Crippen LogP contribution in [0.3, 0.4) is 0 Å². The second-order valence-corrected chi connectivity index (χ2v) is 15.1. The van der Waals surface area contributed by atoms with Gasteiger partial charge < -0.3 is 9.47 Å². The summed E-state index contributed by atoms with van der Waals surface area (Å²) in [6.45, 7) is 7.44. The van der Waals surface area contributed by atoms with E-state index in [1.165, 1.54) is 11.1 Å². The Balaban J connectivity index is 1.21. The Morgan fingerprint density at radius 1 is 0.367 bits per heavy atom. The molecule has 0 aromatic heterocycles. The quantitative estimate of drug-likeness (QED) is 0.0620. The zero-order valence-corrected chi connectivity index (χ0v) is 34.3. The van der Waals surface area contributed by atoms with E-state index in [-0.39, 0.29) is 47.2 Å². The van der Waals surface area contributed by atoms with E-state index >= 15 is 0 Å². The Kier molecular flexibility index (Phi) is 12.9. The third-order valence-corrected chi connectivity index (χ3v) is 11.4. The summed E-state index contributed by atoms with van der Waals surface area (Å²) >= 11 is 0. The van der Waals surface area contributed by atoms with Crippen molar-refractivity contribution in [1.29, 1.82) is 0 Å². The fourth-order valence-electron chi connectivity index (χ4n) is 8.22. The third-order valence-electron chi connectivity index (χ3n) is 11.4. The van der Waals surface area contributed by atoms with Gasteiger partial charge in [0.1, 0.15) is 0 Å². The zero-order valence-electron chi connectivity index (χ0n) is 34.3. The van der Waals surface area contributed by atoms with Gasteiger partial charge in [-0.1, -0.05) is 146 Å². The van der Waals surface area contributed by atoms with Crippen LogP contribution in [0.25, 0.3) is 24.3 Å². The highest BCUT2D eigenvalue weighted by atomic mass is 16.5. The molecular formula is C54H48O6. The van der Waals surface area contributed by atoms with Gasteiger partial charge in [0.05, 0.1) is 24.3 Å². The van der Waals surface area contributed by atoms with Crippen molar-refractivity contribution in [1.82, 2.24) is 0 Å². The molecule has 6 heteroatoms. The number of rotatable bonds is 14. The van der Waals surface area contributed by atoms with E-state index in [2.05, 4.69) is 84.9 Å². The summed E-state index contributed by atoms with van der Waals surface area (Å²) in [5.74, 6) is -0.189. The molecule has 0 atom stereocenters. The fourth-order valence-corrected chi connectivity index (χ4v) is 8.22. The van der Waals surface area contributed by atoms with E-state index in [4.69, 9.17) is 9.47 Å². The Bertz CT molecular complexity index is 2320. The molecule has 0 bridgehead atoms. The van der Waals surface area contributed by atoms with Crippen molar-refractivity contribution >= 4 is 47.8 Å². The summed E-state index contributed by atoms with van der Waals surface area (Å²) in [5, 5.41) is 0. The first-order chi connectivity index (χ1) is 29.1. The number of ether oxygens (including phenoxy) is 2. The molecule has 1 fully saturated rings. The maximum Gasteiger partial charge on any atom is 0.338 e. The Morgan fingerprint density at radius 2 is 0.583 bits per heavy atom. The molecule has 6 aromatic carbocycles. The number of carbonyl (C=O) groups excluding carboxylic acids is 4. The Hall–Kier alpha value is -6.92. The minimum absolute atomic E-state index is 0.0314. The van der Waals surface area contributed by atoms with Gasteiger partial charge in [-0.2, -0.15) is 0 Å². The maximum absolute atomic E-state index is 12.3. The molecule has 0 spiro atoms. The highest BCUT2D eigenvalue weighted by Gasteiger charge is 2.52. The Labute approximate surface area is 352 Å². The van der Waals surface area contributed by atoms with Crippen LogP contribution in [0.1, 0.15) is 137 Å². The van der Waals surface area contributed by atoms with Crippen LogP contribution in [0.5, 0.6) is 0 Å². The van der Waals surface area contributed by atoms with Gasteiger partial charge in [-0.25, -0.2) is 9.59 Å².